The fourth-order valence-corrected chi connectivity index (χ4v) is 2.53. The van der Waals surface area contributed by atoms with E-state index >= 15 is 0 Å². The molecule has 0 fully saturated rings. The van der Waals surface area contributed by atoms with Crippen LogP contribution >= 0.6 is 0 Å². The normalized spacial score (nSPS) is 10.8. The first-order valence-corrected chi connectivity index (χ1v) is 8.74. The lowest BCUT2D eigenvalue weighted by Gasteiger charge is -2.12. The molecule has 3 aromatic rings. The molecule has 2 N–H and O–H groups in total. The summed E-state index contributed by atoms with van der Waals surface area (Å²) in [6, 6.07) is 25.0. The molecule has 0 aliphatic heterocycles. The summed E-state index contributed by atoms with van der Waals surface area (Å²) in [5.41, 5.74) is 2.02. The quantitative estimate of drug-likeness (QED) is 0.640. The molecule has 140 valence electrons. The average Bonchev–Trinajstić information content (AvgIpc) is 2.75. The standard InChI is InChI=1S/C23H20N2O3/c1-28-20-14-12-19(13-15-20)24-23(27)21(16-17-8-4-2-5-9-17)25-22(26)18-10-6-3-7-11-18/h2-16H,1H3,(H,24,27)(H,25,26). The van der Waals surface area contributed by atoms with Crippen LogP contribution < -0.4 is 15.4 Å². The molecule has 0 radical (unpaired) electrons. The maximum Gasteiger partial charge on any atom is 0.272 e. The Balaban J connectivity index is 1.83. The molecule has 0 saturated heterocycles. The van der Waals surface area contributed by atoms with Gasteiger partial charge in [0.05, 0.1) is 7.11 Å². The highest BCUT2D eigenvalue weighted by Crippen LogP contribution is 2.16. The van der Waals surface area contributed by atoms with Gasteiger partial charge in [0, 0.05) is 11.3 Å². The van der Waals surface area contributed by atoms with Crippen LogP contribution in [0.3, 0.4) is 0 Å². The second kappa shape index (κ2) is 9.19. The number of carbonyl (C=O) groups excluding carboxylic acids is 2. The van der Waals surface area contributed by atoms with Crippen molar-refractivity contribution in [2.24, 2.45) is 0 Å². The van der Waals surface area contributed by atoms with E-state index in [-0.39, 0.29) is 11.6 Å². The predicted molar refractivity (Wildman–Crippen MR) is 110 cm³/mol. The van der Waals surface area contributed by atoms with E-state index in [9.17, 15) is 9.59 Å². The maximum atomic E-state index is 12.8. The molecule has 28 heavy (non-hydrogen) atoms. The Morgan fingerprint density at radius 2 is 1.43 bits per heavy atom. The van der Waals surface area contributed by atoms with E-state index in [4.69, 9.17) is 4.74 Å². The summed E-state index contributed by atoms with van der Waals surface area (Å²) in [5, 5.41) is 5.50. The van der Waals surface area contributed by atoms with Crippen molar-refractivity contribution in [1.29, 1.82) is 0 Å². The van der Waals surface area contributed by atoms with Crippen LogP contribution in [0.4, 0.5) is 5.69 Å². The first kappa shape index (κ1) is 18.9. The van der Waals surface area contributed by atoms with Crippen LogP contribution in [0, 0.1) is 0 Å². The van der Waals surface area contributed by atoms with E-state index < -0.39 is 5.91 Å². The monoisotopic (exact) mass is 372 g/mol. The number of hydrogen-bond acceptors (Lipinski definition) is 3. The van der Waals surface area contributed by atoms with Crippen molar-refractivity contribution < 1.29 is 14.3 Å². The minimum atomic E-state index is -0.418. The van der Waals surface area contributed by atoms with Crippen molar-refractivity contribution in [3.05, 3.63) is 102 Å². The highest BCUT2D eigenvalue weighted by Gasteiger charge is 2.15. The predicted octanol–water partition coefficient (Wildman–Crippen LogP) is 4.10. The number of amides is 2. The summed E-state index contributed by atoms with van der Waals surface area (Å²) < 4.78 is 5.12. The van der Waals surface area contributed by atoms with Gasteiger partial charge >= 0.3 is 0 Å². The Kier molecular flexibility index (Phi) is 6.21. The van der Waals surface area contributed by atoms with E-state index in [0.29, 0.717) is 17.0 Å². The van der Waals surface area contributed by atoms with Gasteiger partial charge in [0.2, 0.25) is 0 Å². The fourth-order valence-electron chi connectivity index (χ4n) is 2.53. The summed E-state index contributed by atoms with van der Waals surface area (Å²) >= 11 is 0. The van der Waals surface area contributed by atoms with Crippen molar-refractivity contribution in [3.8, 4) is 5.75 Å². The largest absolute Gasteiger partial charge is 0.497 e. The van der Waals surface area contributed by atoms with Crippen LogP contribution in [0.1, 0.15) is 15.9 Å². The number of hydrogen-bond donors (Lipinski definition) is 2. The molecule has 5 nitrogen and oxygen atoms in total. The molecule has 0 aliphatic rings. The third-order valence-electron chi connectivity index (χ3n) is 3.99. The molecule has 3 aromatic carbocycles. The molecule has 3 rings (SSSR count). The van der Waals surface area contributed by atoms with Gasteiger partial charge in [0.25, 0.3) is 11.8 Å². The van der Waals surface area contributed by atoms with Crippen molar-refractivity contribution >= 4 is 23.6 Å². The number of anilines is 1. The van der Waals surface area contributed by atoms with Gasteiger partial charge in [-0.2, -0.15) is 0 Å². The average molecular weight is 372 g/mol. The van der Waals surface area contributed by atoms with Crippen LogP contribution in [-0.4, -0.2) is 18.9 Å². The van der Waals surface area contributed by atoms with E-state index in [1.54, 1.807) is 61.7 Å². The van der Waals surface area contributed by atoms with Crippen LogP contribution in [0.15, 0.2) is 90.6 Å². The smallest absolute Gasteiger partial charge is 0.272 e. The molecular weight excluding hydrogens is 352 g/mol. The number of ether oxygens (including phenoxy) is 1. The molecule has 2 amide bonds. The molecule has 0 aliphatic carbocycles. The van der Waals surface area contributed by atoms with E-state index in [0.717, 1.165) is 5.56 Å². The van der Waals surface area contributed by atoms with Crippen LogP contribution in [0.5, 0.6) is 5.75 Å². The first-order valence-electron chi connectivity index (χ1n) is 8.74. The first-order chi connectivity index (χ1) is 13.7. The summed E-state index contributed by atoms with van der Waals surface area (Å²) in [5.74, 6) is -0.0820. The third-order valence-corrected chi connectivity index (χ3v) is 3.99. The molecule has 0 heterocycles. The molecule has 0 aromatic heterocycles. The second-order valence-electron chi connectivity index (χ2n) is 5.97. The zero-order valence-electron chi connectivity index (χ0n) is 15.4. The molecule has 0 spiro atoms. The van der Waals surface area contributed by atoms with Crippen molar-refractivity contribution in [2.45, 2.75) is 0 Å². The zero-order valence-corrected chi connectivity index (χ0v) is 15.4. The van der Waals surface area contributed by atoms with E-state index in [1.807, 2.05) is 36.4 Å². The fraction of sp³-hybridized carbons (Fsp3) is 0.0435. The summed E-state index contributed by atoms with van der Waals surface area (Å²) in [6.45, 7) is 0. The lowest BCUT2D eigenvalue weighted by Crippen LogP contribution is -2.30. The van der Waals surface area contributed by atoms with E-state index in [1.165, 1.54) is 0 Å². The molecule has 5 heteroatoms. The molecular formula is C23H20N2O3. The summed E-state index contributed by atoms with van der Waals surface area (Å²) in [7, 11) is 1.58. The Bertz CT molecular complexity index is 966. The second-order valence-corrected chi connectivity index (χ2v) is 5.97. The highest BCUT2D eigenvalue weighted by molar-refractivity contribution is 6.10. The molecule has 0 saturated carbocycles. The molecule has 0 unspecified atom stereocenters. The number of methoxy groups -OCH3 is 1. The van der Waals surface area contributed by atoms with Gasteiger partial charge in [-0.05, 0) is 48.0 Å². The maximum absolute atomic E-state index is 12.8. The van der Waals surface area contributed by atoms with Crippen LogP contribution in [-0.2, 0) is 4.79 Å². The minimum absolute atomic E-state index is 0.149. The van der Waals surface area contributed by atoms with Gasteiger partial charge < -0.3 is 15.4 Å². The van der Waals surface area contributed by atoms with Crippen LogP contribution in [0.25, 0.3) is 6.08 Å². The number of rotatable bonds is 6. The third kappa shape index (κ3) is 5.08. The minimum Gasteiger partial charge on any atom is -0.497 e. The van der Waals surface area contributed by atoms with Crippen molar-refractivity contribution in [3.63, 3.8) is 0 Å². The highest BCUT2D eigenvalue weighted by atomic mass is 16.5. The Labute approximate surface area is 163 Å². The zero-order chi connectivity index (χ0) is 19.8. The topological polar surface area (TPSA) is 67.4 Å². The van der Waals surface area contributed by atoms with Gasteiger partial charge in [-0.1, -0.05) is 48.5 Å². The summed E-state index contributed by atoms with van der Waals surface area (Å²) in [6.07, 6.45) is 1.64. The Morgan fingerprint density at radius 3 is 2.04 bits per heavy atom. The van der Waals surface area contributed by atoms with Gasteiger partial charge in [-0.15, -0.1) is 0 Å². The van der Waals surface area contributed by atoms with Crippen LogP contribution in [0.2, 0.25) is 0 Å². The summed E-state index contributed by atoms with van der Waals surface area (Å²) in [4.78, 5) is 25.4. The van der Waals surface area contributed by atoms with Crippen molar-refractivity contribution in [2.75, 3.05) is 12.4 Å². The number of carbonyl (C=O) groups is 2. The van der Waals surface area contributed by atoms with Crippen molar-refractivity contribution in [1.82, 2.24) is 5.32 Å². The molecule has 0 atom stereocenters. The lowest BCUT2D eigenvalue weighted by atomic mass is 10.1. The molecule has 0 bridgehead atoms. The van der Waals surface area contributed by atoms with Gasteiger partial charge in [0.1, 0.15) is 11.4 Å². The van der Waals surface area contributed by atoms with Gasteiger partial charge in [-0.25, -0.2) is 0 Å². The number of nitrogens with one attached hydrogen (secondary N) is 2. The SMILES string of the molecule is COc1ccc(NC(=O)C(=Cc2ccccc2)NC(=O)c2ccccc2)cc1. The lowest BCUT2D eigenvalue weighted by molar-refractivity contribution is -0.113. The number of benzene rings is 3. The Morgan fingerprint density at radius 1 is 0.821 bits per heavy atom. The van der Waals surface area contributed by atoms with E-state index in [2.05, 4.69) is 10.6 Å². The Hall–Kier alpha value is -3.86. The van der Waals surface area contributed by atoms with Gasteiger partial charge in [-0.3, -0.25) is 9.59 Å². The van der Waals surface area contributed by atoms with Gasteiger partial charge in [0.15, 0.2) is 0 Å².